The normalized spacial score (nSPS) is 18.9. The van der Waals surface area contributed by atoms with Crippen LogP contribution in [0, 0.1) is 5.41 Å². The molecule has 1 saturated heterocycles. The largest absolute Gasteiger partial charge is 0.457 e. The molecule has 27 heavy (non-hydrogen) atoms. The first-order valence-corrected chi connectivity index (χ1v) is 11.1. The van der Waals surface area contributed by atoms with Gasteiger partial charge >= 0.3 is 5.97 Å². The summed E-state index contributed by atoms with van der Waals surface area (Å²) < 4.78 is 17.5. The number of anilines is 1. The monoisotopic (exact) mass is 383 g/mol. The average Bonchev–Trinajstić information content (AvgIpc) is 3.46. The fourth-order valence-corrected chi connectivity index (χ4v) is 4.36. The number of nitrogens with zero attached hydrogens (tertiary/aromatic N) is 1. The van der Waals surface area contributed by atoms with Gasteiger partial charge in [-0.25, -0.2) is 4.79 Å². The molecule has 1 atom stereocenters. The summed E-state index contributed by atoms with van der Waals surface area (Å²) in [6.45, 7) is 2.14. The number of hydrogen-bond donors (Lipinski definition) is 0. The van der Waals surface area contributed by atoms with Crippen LogP contribution in [0.1, 0.15) is 41.6 Å². The average molecular weight is 384 g/mol. The van der Waals surface area contributed by atoms with E-state index in [4.69, 9.17) is 4.74 Å². The Hall–Kier alpha value is -2.14. The molecule has 1 aliphatic carbocycles. The Morgan fingerprint density at radius 2 is 1.78 bits per heavy atom. The summed E-state index contributed by atoms with van der Waals surface area (Å²) in [5.74, 6) is -0.325. The number of carbonyl (C=O) groups is 1. The molecule has 1 unspecified atom stereocenters. The number of ether oxygens (including phenoxy) is 1. The highest BCUT2D eigenvalue weighted by molar-refractivity contribution is 7.84. The van der Waals surface area contributed by atoms with E-state index < -0.39 is 10.8 Å². The fourth-order valence-electron chi connectivity index (χ4n) is 3.82. The second-order valence-corrected chi connectivity index (χ2v) is 9.06. The predicted molar refractivity (Wildman–Crippen MR) is 107 cm³/mol. The van der Waals surface area contributed by atoms with E-state index in [0.29, 0.717) is 11.0 Å². The van der Waals surface area contributed by atoms with Gasteiger partial charge in [-0.1, -0.05) is 30.3 Å². The number of carbonyl (C=O) groups excluding carboxylic acids is 1. The van der Waals surface area contributed by atoms with Crippen molar-refractivity contribution in [2.45, 2.75) is 37.2 Å². The highest BCUT2D eigenvalue weighted by Crippen LogP contribution is 2.54. The van der Waals surface area contributed by atoms with E-state index in [1.807, 2.05) is 36.4 Å². The van der Waals surface area contributed by atoms with Gasteiger partial charge in [-0.05, 0) is 54.9 Å². The van der Waals surface area contributed by atoms with Gasteiger partial charge in [0, 0.05) is 35.0 Å². The van der Waals surface area contributed by atoms with Crippen molar-refractivity contribution in [3.05, 3.63) is 59.7 Å². The molecular formula is C22H25NO3S. The van der Waals surface area contributed by atoms with Gasteiger partial charge in [0.1, 0.15) is 6.61 Å². The molecule has 1 heterocycles. The number of hydrogen-bond acceptors (Lipinski definition) is 4. The first-order chi connectivity index (χ1) is 13.1. The van der Waals surface area contributed by atoms with Crippen LogP contribution in [0.4, 0.5) is 5.69 Å². The van der Waals surface area contributed by atoms with Crippen molar-refractivity contribution in [3.63, 3.8) is 0 Å². The maximum Gasteiger partial charge on any atom is 0.340 e. The number of benzene rings is 2. The molecule has 142 valence electrons. The number of esters is 1. The first-order valence-electron chi connectivity index (χ1n) is 9.50. The highest BCUT2D eigenvalue weighted by atomic mass is 32.2. The third-order valence-corrected chi connectivity index (χ3v) is 6.77. The third kappa shape index (κ3) is 4.08. The zero-order valence-electron chi connectivity index (χ0n) is 15.6. The fraction of sp³-hybridized carbons (Fsp3) is 0.409. The topological polar surface area (TPSA) is 46.6 Å². The van der Waals surface area contributed by atoms with Crippen molar-refractivity contribution in [1.82, 2.24) is 0 Å². The minimum Gasteiger partial charge on any atom is -0.457 e. The van der Waals surface area contributed by atoms with Crippen LogP contribution in [0.15, 0.2) is 53.4 Å². The summed E-state index contributed by atoms with van der Waals surface area (Å²) in [6, 6.07) is 15.1. The molecule has 2 aromatic rings. The summed E-state index contributed by atoms with van der Waals surface area (Å²) in [5.41, 5.74) is 2.95. The SMILES string of the molecule is CS(=O)c1ccc(C(=O)OCc2ccccc2)c(N2CCC3(CC2)CC3)c1. The standard InChI is InChI=1S/C22H25NO3S/c1-27(25)18-7-8-19(21(24)26-16-17-5-3-2-4-6-17)20(15-18)23-13-11-22(9-10-22)12-14-23/h2-8,15H,9-14,16H2,1H3. The van der Waals surface area contributed by atoms with Crippen LogP contribution in [-0.4, -0.2) is 29.5 Å². The van der Waals surface area contributed by atoms with E-state index >= 15 is 0 Å². The van der Waals surface area contributed by atoms with Gasteiger partial charge < -0.3 is 9.64 Å². The Labute approximate surface area is 163 Å². The van der Waals surface area contributed by atoms with Crippen molar-refractivity contribution < 1.29 is 13.7 Å². The Morgan fingerprint density at radius 1 is 1.07 bits per heavy atom. The van der Waals surface area contributed by atoms with E-state index in [1.165, 1.54) is 25.7 Å². The summed E-state index contributed by atoms with van der Waals surface area (Å²) in [6.07, 6.45) is 6.69. The molecule has 2 aliphatic rings. The molecule has 1 spiro atoms. The first kappa shape index (κ1) is 18.2. The quantitative estimate of drug-likeness (QED) is 0.728. The Morgan fingerprint density at radius 3 is 2.41 bits per heavy atom. The lowest BCUT2D eigenvalue weighted by Gasteiger charge is -2.35. The van der Waals surface area contributed by atoms with Crippen LogP contribution in [0.2, 0.25) is 0 Å². The molecule has 4 rings (SSSR count). The maximum absolute atomic E-state index is 12.8. The van der Waals surface area contributed by atoms with Crippen molar-refractivity contribution in [3.8, 4) is 0 Å². The summed E-state index contributed by atoms with van der Waals surface area (Å²) in [4.78, 5) is 15.8. The summed E-state index contributed by atoms with van der Waals surface area (Å²) >= 11 is 0. The van der Waals surface area contributed by atoms with Gasteiger partial charge in [-0.15, -0.1) is 0 Å². The number of rotatable bonds is 5. The molecule has 2 aromatic carbocycles. The van der Waals surface area contributed by atoms with E-state index in [0.717, 1.165) is 29.2 Å². The molecule has 1 saturated carbocycles. The van der Waals surface area contributed by atoms with E-state index in [-0.39, 0.29) is 12.6 Å². The van der Waals surface area contributed by atoms with Crippen LogP contribution >= 0.6 is 0 Å². The van der Waals surface area contributed by atoms with Crippen molar-refractivity contribution >= 4 is 22.5 Å². The molecule has 2 fully saturated rings. The summed E-state index contributed by atoms with van der Waals surface area (Å²) in [5, 5.41) is 0. The molecule has 1 aliphatic heterocycles. The van der Waals surface area contributed by atoms with Crippen molar-refractivity contribution in [2.75, 3.05) is 24.2 Å². The molecule has 0 amide bonds. The molecule has 0 radical (unpaired) electrons. The lowest BCUT2D eigenvalue weighted by Crippen LogP contribution is -2.35. The van der Waals surface area contributed by atoms with Gasteiger partial charge in [0.2, 0.25) is 0 Å². The second kappa shape index (κ2) is 7.47. The molecule has 5 heteroatoms. The van der Waals surface area contributed by atoms with Crippen LogP contribution in [0.5, 0.6) is 0 Å². The minimum atomic E-state index is -1.08. The molecule has 0 bridgehead atoms. The Balaban J connectivity index is 1.55. The Bertz CT molecular complexity index is 851. The third-order valence-electron chi connectivity index (χ3n) is 5.86. The zero-order chi connectivity index (χ0) is 18.9. The molecule has 4 nitrogen and oxygen atoms in total. The number of piperidine rings is 1. The van der Waals surface area contributed by atoms with E-state index in [9.17, 15) is 9.00 Å². The van der Waals surface area contributed by atoms with Crippen molar-refractivity contribution in [1.29, 1.82) is 0 Å². The lowest BCUT2D eigenvalue weighted by atomic mass is 9.93. The Kier molecular flexibility index (Phi) is 5.04. The van der Waals surface area contributed by atoms with Gasteiger partial charge in [-0.2, -0.15) is 0 Å². The minimum absolute atomic E-state index is 0.254. The van der Waals surface area contributed by atoms with E-state index in [2.05, 4.69) is 4.90 Å². The van der Waals surface area contributed by atoms with Gasteiger partial charge in [0.05, 0.1) is 11.3 Å². The van der Waals surface area contributed by atoms with Crippen LogP contribution in [0.3, 0.4) is 0 Å². The molecular weight excluding hydrogens is 358 g/mol. The second-order valence-electron chi connectivity index (χ2n) is 7.68. The van der Waals surface area contributed by atoms with Crippen molar-refractivity contribution in [2.24, 2.45) is 5.41 Å². The predicted octanol–water partition coefficient (Wildman–Crippen LogP) is 4.16. The highest BCUT2D eigenvalue weighted by Gasteiger charge is 2.44. The molecule has 0 aromatic heterocycles. The maximum atomic E-state index is 12.8. The van der Waals surface area contributed by atoms with E-state index in [1.54, 1.807) is 18.4 Å². The summed E-state index contributed by atoms with van der Waals surface area (Å²) in [7, 11) is -1.08. The molecule has 0 N–H and O–H groups in total. The van der Waals surface area contributed by atoms with Crippen LogP contribution < -0.4 is 4.90 Å². The van der Waals surface area contributed by atoms with Crippen LogP contribution in [-0.2, 0) is 22.1 Å². The smallest absolute Gasteiger partial charge is 0.340 e. The lowest BCUT2D eigenvalue weighted by molar-refractivity contribution is 0.0473. The van der Waals surface area contributed by atoms with Gasteiger partial charge in [-0.3, -0.25) is 4.21 Å². The zero-order valence-corrected chi connectivity index (χ0v) is 16.5. The van der Waals surface area contributed by atoms with Gasteiger partial charge in [0.15, 0.2) is 0 Å². The van der Waals surface area contributed by atoms with Gasteiger partial charge in [0.25, 0.3) is 0 Å². The van der Waals surface area contributed by atoms with Crippen LogP contribution in [0.25, 0.3) is 0 Å².